The van der Waals surface area contributed by atoms with E-state index >= 15 is 0 Å². The number of sulfone groups is 1. The highest BCUT2D eigenvalue weighted by Crippen LogP contribution is 2.26. The summed E-state index contributed by atoms with van der Waals surface area (Å²) in [6.07, 6.45) is 0. The Morgan fingerprint density at radius 1 is 1.15 bits per heavy atom. The van der Waals surface area contributed by atoms with Crippen LogP contribution in [0.3, 0.4) is 0 Å². The third kappa shape index (κ3) is 4.36. The van der Waals surface area contributed by atoms with Crippen LogP contribution in [0, 0.1) is 6.92 Å². The summed E-state index contributed by atoms with van der Waals surface area (Å²) in [5.74, 6) is -0.215. The molecule has 0 aliphatic rings. The summed E-state index contributed by atoms with van der Waals surface area (Å²) in [6.45, 7) is 3.31. The van der Waals surface area contributed by atoms with Crippen LogP contribution < -0.4 is 5.32 Å². The molecule has 1 N–H and O–H groups in total. The maximum absolute atomic E-state index is 12.6. The van der Waals surface area contributed by atoms with E-state index in [4.69, 9.17) is 0 Å². The molecule has 0 aliphatic heterocycles. The molecule has 7 heteroatoms. The Kier molecular flexibility index (Phi) is 5.20. The van der Waals surface area contributed by atoms with E-state index in [0.29, 0.717) is 15.6 Å². The molecule has 134 valence electrons. The van der Waals surface area contributed by atoms with Crippen molar-refractivity contribution in [3.63, 3.8) is 0 Å². The van der Waals surface area contributed by atoms with Gasteiger partial charge in [0.25, 0.3) is 0 Å². The smallest absolute Gasteiger partial charge is 0.223 e. The summed E-state index contributed by atoms with van der Waals surface area (Å²) in [5, 5.41) is 5.04. The van der Waals surface area contributed by atoms with Crippen LogP contribution in [0.1, 0.15) is 18.1 Å². The van der Waals surface area contributed by atoms with Crippen molar-refractivity contribution in [3.8, 4) is 11.3 Å². The highest BCUT2D eigenvalue weighted by Gasteiger charge is 2.15. The van der Waals surface area contributed by atoms with Gasteiger partial charge in [0.2, 0.25) is 5.91 Å². The number of benzene rings is 2. The van der Waals surface area contributed by atoms with Crippen molar-refractivity contribution in [2.24, 2.45) is 0 Å². The number of nitrogens with one attached hydrogen (secondary N) is 1. The standard InChI is InChI=1S/C19H18N2O3S2/c1-13-4-3-5-17(10-13)26(23,24)12-15-6-8-16(9-7-15)18-11-25-19(21-18)20-14(2)22/h3-11H,12H2,1-2H3,(H,20,21,22). The molecule has 3 rings (SSSR count). The number of anilines is 1. The third-order valence-corrected chi connectivity index (χ3v) is 6.19. The summed E-state index contributed by atoms with van der Waals surface area (Å²) in [6, 6.07) is 14.2. The van der Waals surface area contributed by atoms with Crippen molar-refractivity contribution >= 4 is 32.2 Å². The molecule has 0 atom stereocenters. The Labute approximate surface area is 156 Å². The fraction of sp³-hybridized carbons (Fsp3) is 0.158. The van der Waals surface area contributed by atoms with Crippen molar-refractivity contribution in [2.75, 3.05) is 5.32 Å². The Morgan fingerprint density at radius 2 is 1.88 bits per heavy atom. The minimum Gasteiger partial charge on any atom is -0.302 e. The number of aromatic nitrogens is 1. The van der Waals surface area contributed by atoms with Gasteiger partial charge in [0.05, 0.1) is 16.3 Å². The van der Waals surface area contributed by atoms with Gasteiger partial charge in [-0.2, -0.15) is 0 Å². The SMILES string of the molecule is CC(=O)Nc1nc(-c2ccc(CS(=O)(=O)c3cccc(C)c3)cc2)cs1. The lowest BCUT2D eigenvalue weighted by Crippen LogP contribution is -2.05. The maximum atomic E-state index is 12.6. The van der Waals surface area contributed by atoms with Crippen molar-refractivity contribution in [3.05, 3.63) is 65.0 Å². The van der Waals surface area contributed by atoms with Gasteiger partial charge < -0.3 is 5.32 Å². The molecule has 0 saturated heterocycles. The van der Waals surface area contributed by atoms with Gasteiger partial charge in [-0.3, -0.25) is 4.79 Å². The molecule has 0 spiro atoms. The zero-order valence-electron chi connectivity index (χ0n) is 14.4. The molecule has 0 radical (unpaired) electrons. The second-order valence-electron chi connectivity index (χ2n) is 5.99. The largest absolute Gasteiger partial charge is 0.302 e. The highest BCUT2D eigenvalue weighted by molar-refractivity contribution is 7.90. The lowest BCUT2D eigenvalue weighted by atomic mass is 10.1. The van der Waals surface area contributed by atoms with Gasteiger partial charge in [0.15, 0.2) is 15.0 Å². The van der Waals surface area contributed by atoms with Crippen LogP contribution in [0.2, 0.25) is 0 Å². The molecule has 3 aromatic rings. The van der Waals surface area contributed by atoms with Crippen molar-refractivity contribution in [1.29, 1.82) is 0 Å². The predicted molar refractivity (Wildman–Crippen MR) is 104 cm³/mol. The van der Waals surface area contributed by atoms with Crippen LogP contribution >= 0.6 is 11.3 Å². The molecule has 2 aromatic carbocycles. The second kappa shape index (κ2) is 7.39. The monoisotopic (exact) mass is 386 g/mol. The lowest BCUT2D eigenvalue weighted by Gasteiger charge is -2.06. The van der Waals surface area contributed by atoms with Crippen LogP contribution in [0.25, 0.3) is 11.3 Å². The molecule has 26 heavy (non-hydrogen) atoms. The van der Waals surface area contributed by atoms with Gasteiger partial charge >= 0.3 is 0 Å². The normalized spacial score (nSPS) is 11.3. The van der Waals surface area contributed by atoms with Gasteiger partial charge in [0.1, 0.15) is 0 Å². The van der Waals surface area contributed by atoms with Crippen molar-refractivity contribution in [2.45, 2.75) is 24.5 Å². The Balaban J connectivity index is 1.77. The molecule has 1 amide bonds. The zero-order valence-corrected chi connectivity index (χ0v) is 16.0. The summed E-state index contributed by atoms with van der Waals surface area (Å²) >= 11 is 1.35. The molecule has 0 aliphatic carbocycles. The first-order valence-electron chi connectivity index (χ1n) is 7.95. The van der Waals surface area contributed by atoms with Crippen molar-refractivity contribution < 1.29 is 13.2 Å². The number of rotatable bonds is 5. The van der Waals surface area contributed by atoms with E-state index in [1.807, 2.05) is 30.5 Å². The first kappa shape index (κ1) is 18.3. The van der Waals surface area contributed by atoms with Crippen LogP contribution in [-0.2, 0) is 20.4 Å². The Bertz CT molecular complexity index is 1040. The minimum absolute atomic E-state index is 0.0507. The number of hydrogen-bond donors (Lipinski definition) is 1. The van der Waals surface area contributed by atoms with E-state index < -0.39 is 9.84 Å². The van der Waals surface area contributed by atoms with Crippen LogP contribution in [0.4, 0.5) is 5.13 Å². The van der Waals surface area contributed by atoms with E-state index in [2.05, 4.69) is 10.3 Å². The fourth-order valence-electron chi connectivity index (χ4n) is 2.50. The van der Waals surface area contributed by atoms with Gasteiger partial charge in [-0.25, -0.2) is 13.4 Å². The van der Waals surface area contributed by atoms with Gasteiger partial charge in [-0.1, -0.05) is 36.4 Å². The molecule has 0 saturated carbocycles. The first-order valence-corrected chi connectivity index (χ1v) is 10.5. The Hall–Kier alpha value is -2.51. The number of nitrogens with zero attached hydrogens (tertiary/aromatic N) is 1. The van der Waals surface area contributed by atoms with E-state index in [0.717, 1.165) is 16.8 Å². The number of carbonyl (C=O) groups is 1. The summed E-state index contributed by atoms with van der Waals surface area (Å²) in [7, 11) is -3.38. The quantitative estimate of drug-likeness (QED) is 0.718. The number of amides is 1. The van der Waals surface area contributed by atoms with Gasteiger partial charge in [-0.05, 0) is 30.2 Å². The van der Waals surface area contributed by atoms with E-state index in [1.165, 1.54) is 18.3 Å². The molecular formula is C19H18N2O3S2. The van der Waals surface area contributed by atoms with Gasteiger partial charge in [0, 0.05) is 17.9 Å². The van der Waals surface area contributed by atoms with Crippen molar-refractivity contribution in [1.82, 2.24) is 4.98 Å². The number of carbonyl (C=O) groups excluding carboxylic acids is 1. The molecular weight excluding hydrogens is 368 g/mol. The number of aryl methyl sites for hydroxylation is 1. The third-order valence-electron chi connectivity index (χ3n) is 3.74. The molecule has 5 nitrogen and oxygen atoms in total. The topological polar surface area (TPSA) is 76.1 Å². The summed E-state index contributed by atoms with van der Waals surface area (Å²) < 4.78 is 25.1. The second-order valence-corrected chi connectivity index (χ2v) is 8.84. The van der Waals surface area contributed by atoms with E-state index in [9.17, 15) is 13.2 Å². The summed E-state index contributed by atoms with van der Waals surface area (Å²) in [4.78, 5) is 15.8. The highest BCUT2D eigenvalue weighted by atomic mass is 32.2. The summed E-state index contributed by atoms with van der Waals surface area (Å²) in [5.41, 5.74) is 3.24. The molecule has 0 fully saturated rings. The predicted octanol–water partition coefficient (Wildman–Crippen LogP) is 4.05. The molecule has 0 unspecified atom stereocenters. The number of thiazole rings is 1. The fourth-order valence-corrected chi connectivity index (χ4v) is 4.71. The average Bonchev–Trinajstić information content (AvgIpc) is 3.03. The number of hydrogen-bond acceptors (Lipinski definition) is 5. The van der Waals surface area contributed by atoms with Crippen LogP contribution in [0.5, 0.6) is 0 Å². The molecule has 1 aromatic heterocycles. The van der Waals surface area contributed by atoms with E-state index in [1.54, 1.807) is 30.3 Å². The molecule has 1 heterocycles. The Morgan fingerprint density at radius 3 is 2.54 bits per heavy atom. The first-order chi connectivity index (χ1) is 12.3. The average molecular weight is 386 g/mol. The van der Waals surface area contributed by atoms with Crippen LogP contribution in [0.15, 0.2) is 58.8 Å². The lowest BCUT2D eigenvalue weighted by molar-refractivity contribution is -0.114. The van der Waals surface area contributed by atoms with Crippen LogP contribution in [-0.4, -0.2) is 19.3 Å². The van der Waals surface area contributed by atoms with E-state index in [-0.39, 0.29) is 11.7 Å². The minimum atomic E-state index is -3.38. The zero-order chi connectivity index (χ0) is 18.7. The molecule has 0 bridgehead atoms. The maximum Gasteiger partial charge on any atom is 0.223 e. The van der Waals surface area contributed by atoms with Gasteiger partial charge in [-0.15, -0.1) is 11.3 Å².